The van der Waals surface area contributed by atoms with Crippen molar-refractivity contribution in [3.05, 3.63) is 70.6 Å². The molecule has 0 amide bonds. The first-order valence-corrected chi connectivity index (χ1v) is 12.1. The second kappa shape index (κ2) is 8.39. The molecule has 1 N–H and O–H groups in total. The number of piperazine rings is 1. The Morgan fingerprint density at radius 3 is 2.54 bits per heavy atom. The molecule has 5 aromatic rings. The van der Waals surface area contributed by atoms with Crippen LogP contribution < -0.4 is 15.8 Å². The first-order valence-electron chi connectivity index (χ1n) is 12.1. The number of benzene rings is 2. The molecule has 0 aliphatic carbocycles. The number of anilines is 3. The van der Waals surface area contributed by atoms with E-state index in [-0.39, 0.29) is 5.56 Å². The molecule has 0 atom stereocenters. The number of aromatic nitrogens is 4. The van der Waals surface area contributed by atoms with Gasteiger partial charge in [-0.05, 0) is 49.4 Å². The molecule has 6 rings (SSSR count). The van der Waals surface area contributed by atoms with Crippen molar-refractivity contribution in [3.63, 3.8) is 0 Å². The fraction of sp³-hybridized carbons (Fsp3) is 0.296. The minimum Gasteiger partial charge on any atom is -0.369 e. The number of hydrogen-bond acceptors (Lipinski definition) is 6. The highest BCUT2D eigenvalue weighted by atomic mass is 16.1. The summed E-state index contributed by atoms with van der Waals surface area (Å²) in [5, 5.41) is 4.38. The normalized spacial score (nSPS) is 14.9. The predicted octanol–water partition coefficient (Wildman–Crippen LogP) is 3.93. The Kier molecular flexibility index (Phi) is 5.18. The van der Waals surface area contributed by atoms with Gasteiger partial charge in [-0.3, -0.25) is 9.20 Å². The summed E-state index contributed by atoms with van der Waals surface area (Å²) >= 11 is 0. The molecule has 2 aromatic carbocycles. The number of hydrogen-bond donors (Lipinski definition) is 1. The molecule has 1 aliphatic rings. The van der Waals surface area contributed by atoms with Gasteiger partial charge in [-0.1, -0.05) is 25.1 Å². The van der Waals surface area contributed by atoms with Gasteiger partial charge in [0.05, 0.1) is 11.7 Å². The monoisotopic (exact) mass is 467 g/mol. The molecular weight excluding hydrogens is 438 g/mol. The largest absolute Gasteiger partial charge is 0.369 e. The Bertz CT molecular complexity index is 1630. The van der Waals surface area contributed by atoms with E-state index in [1.807, 2.05) is 34.7 Å². The highest BCUT2D eigenvalue weighted by Gasteiger charge is 2.18. The van der Waals surface area contributed by atoms with Gasteiger partial charge < -0.3 is 19.7 Å². The van der Waals surface area contributed by atoms with Crippen LogP contribution in [-0.4, -0.2) is 56.6 Å². The van der Waals surface area contributed by atoms with Gasteiger partial charge in [-0.25, -0.2) is 4.98 Å². The minimum atomic E-state index is -0.0657. The SMILES string of the molecule is CCN1CCN(c2ccc(Nc3ncc4c(n3)n3c(cc5ccccc53)c(=O)n4C)cc2C)CC1. The van der Waals surface area contributed by atoms with Crippen molar-refractivity contribution in [1.29, 1.82) is 0 Å². The fourth-order valence-corrected chi connectivity index (χ4v) is 5.17. The zero-order chi connectivity index (χ0) is 24.1. The number of para-hydroxylation sites is 1. The van der Waals surface area contributed by atoms with Crippen LogP contribution in [0.4, 0.5) is 17.3 Å². The van der Waals surface area contributed by atoms with Gasteiger partial charge in [0.15, 0.2) is 5.65 Å². The van der Waals surface area contributed by atoms with E-state index < -0.39 is 0 Å². The van der Waals surface area contributed by atoms with E-state index >= 15 is 0 Å². The van der Waals surface area contributed by atoms with E-state index in [1.165, 1.54) is 11.3 Å². The van der Waals surface area contributed by atoms with Gasteiger partial charge in [0.25, 0.3) is 5.56 Å². The molecule has 3 aromatic heterocycles. The van der Waals surface area contributed by atoms with Crippen LogP contribution in [0.25, 0.3) is 27.6 Å². The van der Waals surface area contributed by atoms with E-state index in [2.05, 4.69) is 52.1 Å². The number of nitrogens with zero attached hydrogens (tertiary/aromatic N) is 6. The number of nitrogens with one attached hydrogen (secondary N) is 1. The van der Waals surface area contributed by atoms with Crippen LogP contribution in [-0.2, 0) is 7.05 Å². The maximum atomic E-state index is 13.0. The average Bonchev–Trinajstić information content (AvgIpc) is 3.27. The lowest BCUT2D eigenvalue weighted by molar-refractivity contribution is 0.271. The molecule has 8 nitrogen and oxygen atoms in total. The third kappa shape index (κ3) is 3.61. The van der Waals surface area contributed by atoms with Crippen LogP contribution in [0.1, 0.15) is 12.5 Å². The third-order valence-corrected chi connectivity index (χ3v) is 7.17. The Labute approximate surface area is 203 Å². The van der Waals surface area contributed by atoms with Crippen LogP contribution in [0.3, 0.4) is 0 Å². The van der Waals surface area contributed by atoms with Crippen molar-refractivity contribution in [3.8, 4) is 0 Å². The molecule has 178 valence electrons. The fourth-order valence-electron chi connectivity index (χ4n) is 5.17. The molecule has 1 saturated heterocycles. The van der Waals surface area contributed by atoms with Crippen molar-refractivity contribution in [2.45, 2.75) is 13.8 Å². The summed E-state index contributed by atoms with van der Waals surface area (Å²) in [4.78, 5) is 27.3. The van der Waals surface area contributed by atoms with Gasteiger partial charge in [-0.2, -0.15) is 4.98 Å². The van der Waals surface area contributed by atoms with Gasteiger partial charge in [-0.15, -0.1) is 0 Å². The summed E-state index contributed by atoms with van der Waals surface area (Å²) in [6, 6.07) is 16.3. The first kappa shape index (κ1) is 21.6. The maximum Gasteiger partial charge on any atom is 0.275 e. The molecule has 1 aliphatic heterocycles. The van der Waals surface area contributed by atoms with E-state index in [0.29, 0.717) is 22.6 Å². The van der Waals surface area contributed by atoms with Crippen LogP contribution in [0, 0.1) is 6.92 Å². The Hall–Kier alpha value is -3.91. The number of rotatable bonds is 4. The molecule has 1 fully saturated rings. The Morgan fingerprint density at radius 1 is 0.971 bits per heavy atom. The van der Waals surface area contributed by atoms with E-state index in [1.54, 1.807) is 17.8 Å². The van der Waals surface area contributed by atoms with E-state index in [9.17, 15) is 4.79 Å². The van der Waals surface area contributed by atoms with Crippen molar-refractivity contribution < 1.29 is 0 Å². The van der Waals surface area contributed by atoms with E-state index in [0.717, 1.165) is 49.3 Å². The predicted molar refractivity (Wildman–Crippen MR) is 142 cm³/mol. The summed E-state index contributed by atoms with van der Waals surface area (Å²) in [5.74, 6) is 0.499. The molecule has 0 unspecified atom stereocenters. The second-order valence-electron chi connectivity index (χ2n) is 9.24. The first-order chi connectivity index (χ1) is 17.0. The molecule has 0 spiro atoms. The summed E-state index contributed by atoms with van der Waals surface area (Å²) in [6.45, 7) is 9.79. The van der Waals surface area contributed by atoms with Crippen molar-refractivity contribution in [2.24, 2.45) is 7.05 Å². The molecule has 4 heterocycles. The highest BCUT2D eigenvalue weighted by molar-refractivity contribution is 5.92. The van der Waals surface area contributed by atoms with Crippen molar-refractivity contribution in [1.82, 2.24) is 23.8 Å². The highest BCUT2D eigenvalue weighted by Crippen LogP contribution is 2.27. The van der Waals surface area contributed by atoms with Crippen LogP contribution in [0.2, 0.25) is 0 Å². The lowest BCUT2D eigenvalue weighted by Gasteiger charge is -2.36. The van der Waals surface area contributed by atoms with Gasteiger partial charge in [0, 0.05) is 50.0 Å². The van der Waals surface area contributed by atoms with Gasteiger partial charge >= 0.3 is 0 Å². The topological polar surface area (TPSA) is 70.7 Å². The average molecular weight is 468 g/mol. The zero-order valence-electron chi connectivity index (χ0n) is 20.3. The maximum absolute atomic E-state index is 13.0. The summed E-state index contributed by atoms with van der Waals surface area (Å²) in [5.41, 5.74) is 6.32. The quantitative estimate of drug-likeness (QED) is 0.432. The summed E-state index contributed by atoms with van der Waals surface area (Å²) in [6.07, 6.45) is 1.72. The summed E-state index contributed by atoms with van der Waals surface area (Å²) in [7, 11) is 1.77. The molecule has 0 bridgehead atoms. The second-order valence-corrected chi connectivity index (χ2v) is 9.24. The Morgan fingerprint density at radius 2 is 1.77 bits per heavy atom. The minimum absolute atomic E-state index is 0.0657. The van der Waals surface area contributed by atoms with Crippen molar-refractivity contribution >= 4 is 44.9 Å². The zero-order valence-corrected chi connectivity index (χ0v) is 20.3. The standard InChI is InChI=1S/C27H29N7O/c1-4-32-11-13-33(14-12-32)21-10-9-20(15-18(21)2)29-27-28-17-24-25(30-27)34-22-8-6-5-7-19(22)16-23(34)26(35)31(24)3/h5-10,15-17H,4,11-14H2,1-3H3,(H,28,29,30). The molecular formula is C27H29N7O. The van der Waals surface area contributed by atoms with Crippen molar-refractivity contribution in [2.75, 3.05) is 42.9 Å². The van der Waals surface area contributed by atoms with E-state index in [4.69, 9.17) is 4.98 Å². The molecule has 35 heavy (non-hydrogen) atoms. The lowest BCUT2D eigenvalue weighted by atomic mass is 10.1. The number of fused-ring (bicyclic) bond motifs is 5. The summed E-state index contributed by atoms with van der Waals surface area (Å²) < 4.78 is 3.55. The lowest BCUT2D eigenvalue weighted by Crippen LogP contribution is -2.46. The number of likely N-dealkylation sites (N-methyl/N-ethyl adjacent to an activating group) is 1. The molecule has 8 heteroatoms. The van der Waals surface area contributed by atoms with Gasteiger partial charge in [0.2, 0.25) is 5.95 Å². The number of aryl methyl sites for hydroxylation is 2. The molecule has 0 saturated carbocycles. The Balaban J connectivity index is 1.37. The van der Waals surface area contributed by atoms with Crippen LogP contribution in [0.15, 0.2) is 59.5 Å². The van der Waals surface area contributed by atoms with Crippen LogP contribution in [0.5, 0.6) is 0 Å². The van der Waals surface area contributed by atoms with Gasteiger partial charge in [0.1, 0.15) is 11.0 Å². The van der Waals surface area contributed by atoms with Crippen LogP contribution >= 0.6 is 0 Å². The smallest absolute Gasteiger partial charge is 0.275 e. The molecule has 0 radical (unpaired) electrons. The third-order valence-electron chi connectivity index (χ3n) is 7.17.